The smallest absolute Gasteiger partial charge is 0.497 e. The Morgan fingerprint density at radius 3 is 2.08 bits per heavy atom. The van der Waals surface area contributed by atoms with Gasteiger partial charge in [-0.2, -0.15) is 0 Å². The van der Waals surface area contributed by atoms with Crippen molar-refractivity contribution < 1.29 is 32.2 Å². The maximum absolute atomic E-state index is 12.1. The van der Waals surface area contributed by atoms with E-state index in [0.29, 0.717) is 17.1 Å². The average Bonchev–Trinajstić information content (AvgIpc) is 2.59. The van der Waals surface area contributed by atoms with Gasteiger partial charge in [0, 0.05) is 0 Å². The lowest BCUT2D eigenvalue weighted by atomic mass is 10.1. The summed E-state index contributed by atoms with van der Waals surface area (Å²) in [6, 6.07) is 11.7. The molecule has 0 unspecified atom stereocenters. The van der Waals surface area contributed by atoms with Crippen molar-refractivity contribution in [3.05, 3.63) is 54.1 Å². The van der Waals surface area contributed by atoms with E-state index in [0.717, 1.165) is 0 Å². The molecule has 0 radical (unpaired) electrons. The third kappa shape index (κ3) is 6.19. The number of carbonyl (C=O) groups is 1. The Hall–Kier alpha value is -2.90. The van der Waals surface area contributed by atoms with E-state index in [-0.39, 0.29) is 18.3 Å². The molecule has 2 rings (SSSR count). The zero-order chi connectivity index (χ0) is 19.2. The Labute approximate surface area is 148 Å². The summed E-state index contributed by atoms with van der Waals surface area (Å²) >= 11 is 0. The molecule has 0 spiro atoms. The SMILES string of the molecule is COc1ccc(OCC(=O)N[C@@H](C)c2ccc(OC(F)(F)F)cc2)cc1. The Balaban J connectivity index is 1.84. The van der Waals surface area contributed by atoms with E-state index < -0.39 is 12.4 Å². The highest BCUT2D eigenvalue weighted by molar-refractivity contribution is 5.78. The van der Waals surface area contributed by atoms with Gasteiger partial charge in [-0.05, 0) is 48.9 Å². The van der Waals surface area contributed by atoms with E-state index in [2.05, 4.69) is 10.1 Å². The number of hydrogen-bond donors (Lipinski definition) is 1. The highest BCUT2D eigenvalue weighted by Gasteiger charge is 2.31. The minimum Gasteiger partial charge on any atom is -0.497 e. The lowest BCUT2D eigenvalue weighted by Gasteiger charge is -2.16. The summed E-state index contributed by atoms with van der Waals surface area (Å²) < 4.78 is 50.6. The number of benzene rings is 2. The molecule has 0 aliphatic heterocycles. The van der Waals surface area contributed by atoms with Gasteiger partial charge in [-0.15, -0.1) is 13.2 Å². The standard InChI is InChI=1S/C18H18F3NO4/c1-12(13-3-5-16(6-4-13)26-18(19,20)21)22-17(23)11-25-15-9-7-14(24-2)8-10-15/h3-10,12H,11H2,1-2H3,(H,22,23)/t12-/m0/s1. The first-order valence-electron chi connectivity index (χ1n) is 7.69. The molecule has 0 saturated carbocycles. The molecular weight excluding hydrogens is 351 g/mol. The molecule has 140 valence electrons. The molecule has 0 aliphatic rings. The van der Waals surface area contributed by atoms with Crippen LogP contribution in [0, 0.1) is 0 Å². The largest absolute Gasteiger partial charge is 0.573 e. The van der Waals surface area contributed by atoms with Crippen LogP contribution in [0.25, 0.3) is 0 Å². The summed E-state index contributed by atoms with van der Waals surface area (Å²) in [5, 5.41) is 2.71. The van der Waals surface area contributed by atoms with Crippen LogP contribution in [0.3, 0.4) is 0 Å². The third-order valence-electron chi connectivity index (χ3n) is 3.42. The van der Waals surface area contributed by atoms with Crippen molar-refractivity contribution >= 4 is 5.91 Å². The summed E-state index contributed by atoms with van der Waals surface area (Å²) in [5.41, 5.74) is 0.636. The number of carbonyl (C=O) groups excluding carboxylic acids is 1. The molecule has 8 heteroatoms. The number of ether oxygens (including phenoxy) is 3. The molecule has 1 N–H and O–H groups in total. The van der Waals surface area contributed by atoms with Crippen LogP contribution in [0.1, 0.15) is 18.5 Å². The predicted octanol–water partition coefficient (Wildman–Crippen LogP) is 3.85. The molecular formula is C18H18F3NO4. The summed E-state index contributed by atoms with van der Waals surface area (Å²) in [4.78, 5) is 11.9. The minimum absolute atomic E-state index is 0.189. The minimum atomic E-state index is -4.74. The molecule has 5 nitrogen and oxygen atoms in total. The van der Waals surface area contributed by atoms with Crippen LogP contribution in [-0.2, 0) is 4.79 Å². The van der Waals surface area contributed by atoms with Gasteiger partial charge in [0.1, 0.15) is 17.2 Å². The van der Waals surface area contributed by atoms with Crippen LogP contribution < -0.4 is 19.5 Å². The molecule has 0 bridgehead atoms. The molecule has 1 amide bonds. The van der Waals surface area contributed by atoms with Crippen molar-refractivity contribution in [3.8, 4) is 17.2 Å². The monoisotopic (exact) mass is 369 g/mol. The number of rotatable bonds is 7. The first-order valence-corrected chi connectivity index (χ1v) is 7.69. The number of methoxy groups -OCH3 is 1. The summed E-state index contributed by atoms with van der Waals surface area (Å²) in [6.07, 6.45) is -4.74. The fourth-order valence-corrected chi connectivity index (χ4v) is 2.15. The lowest BCUT2D eigenvalue weighted by Crippen LogP contribution is -2.31. The molecule has 0 saturated heterocycles. The second kappa shape index (κ2) is 8.46. The van der Waals surface area contributed by atoms with Gasteiger partial charge in [0.25, 0.3) is 5.91 Å². The molecule has 2 aromatic rings. The Bertz CT molecular complexity index is 715. The second-order valence-corrected chi connectivity index (χ2v) is 5.37. The van der Waals surface area contributed by atoms with E-state index in [1.807, 2.05) is 0 Å². The van der Waals surface area contributed by atoms with E-state index in [1.54, 1.807) is 38.3 Å². The second-order valence-electron chi connectivity index (χ2n) is 5.37. The normalized spacial score (nSPS) is 12.2. The van der Waals surface area contributed by atoms with Crippen molar-refractivity contribution in [3.63, 3.8) is 0 Å². The van der Waals surface area contributed by atoms with Crippen LogP contribution >= 0.6 is 0 Å². The van der Waals surface area contributed by atoms with Gasteiger partial charge in [-0.1, -0.05) is 12.1 Å². The zero-order valence-electron chi connectivity index (χ0n) is 14.2. The van der Waals surface area contributed by atoms with Gasteiger partial charge < -0.3 is 19.5 Å². The highest BCUT2D eigenvalue weighted by Crippen LogP contribution is 2.24. The Kier molecular flexibility index (Phi) is 6.32. The average molecular weight is 369 g/mol. The number of hydrogen-bond acceptors (Lipinski definition) is 4. The van der Waals surface area contributed by atoms with Gasteiger partial charge in [-0.25, -0.2) is 0 Å². The Morgan fingerprint density at radius 1 is 1.00 bits per heavy atom. The van der Waals surface area contributed by atoms with Gasteiger partial charge >= 0.3 is 6.36 Å². The fourth-order valence-electron chi connectivity index (χ4n) is 2.15. The van der Waals surface area contributed by atoms with Crippen molar-refractivity contribution in [2.45, 2.75) is 19.3 Å². The van der Waals surface area contributed by atoms with Gasteiger partial charge in [0.15, 0.2) is 6.61 Å². The van der Waals surface area contributed by atoms with Crippen LogP contribution in [0.15, 0.2) is 48.5 Å². The third-order valence-corrected chi connectivity index (χ3v) is 3.42. The van der Waals surface area contributed by atoms with Crippen LogP contribution in [0.2, 0.25) is 0 Å². The first-order chi connectivity index (χ1) is 12.3. The van der Waals surface area contributed by atoms with E-state index in [4.69, 9.17) is 9.47 Å². The lowest BCUT2D eigenvalue weighted by molar-refractivity contribution is -0.274. The molecule has 0 fully saturated rings. The zero-order valence-corrected chi connectivity index (χ0v) is 14.2. The van der Waals surface area contributed by atoms with Crippen LogP contribution in [-0.4, -0.2) is 26.0 Å². The topological polar surface area (TPSA) is 56.8 Å². The van der Waals surface area contributed by atoms with Crippen molar-refractivity contribution in [2.24, 2.45) is 0 Å². The number of alkyl halides is 3. The molecule has 1 atom stereocenters. The van der Waals surface area contributed by atoms with Crippen molar-refractivity contribution in [2.75, 3.05) is 13.7 Å². The molecule has 0 aromatic heterocycles. The first kappa shape index (κ1) is 19.4. The number of amides is 1. The maximum Gasteiger partial charge on any atom is 0.573 e. The van der Waals surface area contributed by atoms with Gasteiger partial charge in [-0.3, -0.25) is 4.79 Å². The maximum atomic E-state index is 12.1. The molecule has 2 aromatic carbocycles. The van der Waals surface area contributed by atoms with Gasteiger partial charge in [0.2, 0.25) is 0 Å². The summed E-state index contributed by atoms with van der Waals surface area (Å²) in [5.74, 6) is 0.516. The molecule has 0 aliphatic carbocycles. The van der Waals surface area contributed by atoms with E-state index >= 15 is 0 Å². The number of nitrogens with one attached hydrogen (secondary N) is 1. The fraction of sp³-hybridized carbons (Fsp3) is 0.278. The summed E-state index contributed by atoms with van der Waals surface area (Å²) in [6.45, 7) is 1.52. The van der Waals surface area contributed by atoms with Gasteiger partial charge in [0.05, 0.1) is 13.2 Å². The van der Waals surface area contributed by atoms with Crippen molar-refractivity contribution in [1.29, 1.82) is 0 Å². The van der Waals surface area contributed by atoms with Crippen molar-refractivity contribution in [1.82, 2.24) is 5.32 Å². The van der Waals surface area contributed by atoms with Crippen LogP contribution in [0.5, 0.6) is 17.2 Å². The number of halogens is 3. The summed E-state index contributed by atoms with van der Waals surface area (Å²) in [7, 11) is 1.55. The van der Waals surface area contributed by atoms with Crippen LogP contribution in [0.4, 0.5) is 13.2 Å². The molecule has 0 heterocycles. The molecule has 26 heavy (non-hydrogen) atoms. The quantitative estimate of drug-likeness (QED) is 0.806. The predicted molar refractivity (Wildman–Crippen MR) is 88.2 cm³/mol. The highest BCUT2D eigenvalue weighted by atomic mass is 19.4. The van der Waals surface area contributed by atoms with E-state index in [9.17, 15) is 18.0 Å². The van der Waals surface area contributed by atoms with E-state index in [1.165, 1.54) is 24.3 Å². The Morgan fingerprint density at radius 2 is 1.54 bits per heavy atom.